The molecule has 22 heavy (non-hydrogen) atoms. The molecule has 0 saturated heterocycles. The van der Waals surface area contributed by atoms with Crippen molar-refractivity contribution >= 4 is 57.3 Å². The summed E-state index contributed by atoms with van der Waals surface area (Å²) in [5, 5.41) is 4.81. The van der Waals surface area contributed by atoms with E-state index in [1.807, 2.05) is 36.0 Å². The molecule has 0 atom stereocenters. The minimum absolute atomic E-state index is 0.283. The second-order valence-electron chi connectivity index (χ2n) is 4.90. The van der Waals surface area contributed by atoms with Crippen LogP contribution < -0.4 is 5.32 Å². The lowest BCUT2D eigenvalue weighted by Gasteiger charge is -2.10. The molecule has 0 radical (unpaired) electrons. The van der Waals surface area contributed by atoms with E-state index in [0.29, 0.717) is 26.3 Å². The third-order valence-electron chi connectivity index (χ3n) is 3.40. The molecular formula is C16H11Cl3N2O. The molecular weight excluding hydrogens is 343 g/mol. The number of hydrogen-bond donors (Lipinski definition) is 1. The molecule has 3 aromatic rings. The van der Waals surface area contributed by atoms with Crippen molar-refractivity contribution in [3.63, 3.8) is 0 Å². The topological polar surface area (TPSA) is 34.0 Å². The normalized spacial score (nSPS) is 10.9. The van der Waals surface area contributed by atoms with E-state index < -0.39 is 0 Å². The fraction of sp³-hybridized carbons (Fsp3) is 0.0625. The number of benzene rings is 2. The molecule has 0 saturated carbocycles. The first-order chi connectivity index (χ1) is 10.5. The first-order valence-electron chi connectivity index (χ1n) is 6.46. The molecule has 0 fully saturated rings. The lowest BCUT2D eigenvalue weighted by molar-refractivity contribution is 0.102. The van der Waals surface area contributed by atoms with Gasteiger partial charge >= 0.3 is 0 Å². The summed E-state index contributed by atoms with van der Waals surface area (Å²) in [7, 11) is 1.93. The molecule has 0 bridgehead atoms. The summed E-state index contributed by atoms with van der Waals surface area (Å²) in [4.78, 5) is 12.4. The van der Waals surface area contributed by atoms with Gasteiger partial charge in [-0.15, -0.1) is 0 Å². The number of fused-ring (bicyclic) bond motifs is 1. The SMILES string of the molecule is Cn1ccc2ccc(C(=O)Nc3c(Cl)cc(Cl)cc3Cl)cc21. The molecule has 3 nitrogen and oxygen atoms in total. The molecule has 0 unspecified atom stereocenters. The highest BCUT2D eigenvalue weighted by Gasteiger charge is 2.13. The molecule has 1 N–H and O–H groups in total. The monoisotopic (exact) mass is 352 g/mol. The van der Waals surface area contributed by atoms with Crippen molar-refractivity contribution in [1.82, 2.24) is 4.57 Å². The molecule has 6 heteroatoms. The van der Waals surface area contributed by atoms with Gasteiger partial charge in [-0.05, 0) is 35.7 Å². The van der Waals surface area contributed by atoms with E-state index in [1.165, 1.54) is 12.1 Å². The Hall–Kier alpha value is -1.68. The maximum absolute atomic E-state index is 12.4. The van der Waals surface area contributed by atoms with Crippen LogP contribution in [0.15, 0.2) is 42.6 Å². The maximum Gasteiger partial charge on any atom is 0.255 e. The van der Waals surface area contributed by atoms with Crippen LogP contribution >= 0.6 is 34.8 Å². The number of nitrogens with zero attached hydrogens (tertiary/aromatic N) is 1. The molecule has 1 heterocycles. The van der Waals surface area contributed by atoms with Crippen molar-refractivity contribution < 1.29 is 4.79 Å². The second-order valence-corrected chi connectivity index (χ2v) is 6.15. The molecule has 112 valence electrons. The van der Waals surface area contributed by atoms with Crippen molar-refractivity contribution in [2.75, 3.05) is 5.32 Å². The minimum Gasteiger partial charge on any atom is -0.351 e. The largest absolute Gasteiger partial charge is 0.351 e. The Morgan fingerprint density at radius 2 is 1.73 bits per heavy atom. The van der Waals surface area contributed by atoms with Crippen LogP contribution in [0.1, 0.15) is 10.4 Å². The average molecular weight is 354 g/mol. The number of halogens is 3. The zero-order valence-electron chi connectivity index (χ0n) is 11.5. The smallest absolute Gasteiger partial charge is 0.255 e. The Labute approximate surface area is 142 Å². The number of carbonyl (C=O) groups excluding carboxylic acids is 1. The van der Waals surface area contributed by atoms with E-state index in [2.05, 4.69) is 5.32 Å². The van der Waals surface area contributed by atoms with Crippen LogP contribution in [0.5, 0.6) is 0 Å². The standard InChI is InChI=1S/C16H11Cl3N2O/c1-21-5-4-9-2-3-10(6-14(9)21)16(22)20-15-12(18)7-11(17)8-13(15)19/h2-8H,1H3,(H,20,22). The van der Waals surface area contributed by atoms with Crippen molar-refractivity contribution in [2.45, 2.75) is 0 Å². The first-order valence-corrected chi connectivity index (χ1v) is 7.60. The van der Waals surface area contributed by atoms with Crippen LogP contribution in [-0.2, 0) is 7.05 Å². The number of amides is 1. The highest BCUT2D eigenvalue weighted by Crippen LogP contribution is 2.34. The number of aryl methyl sites for hydroxylation is 1. The van der Waals surface area contributed by atoms with Gasteiger partial charge in [-0.3, -0.25) is 4.79 Å². The summed E-state index contributed by atoms with van der Waals surface area (Å²) in [6.45, 7) is 0. The zero-order valence-corrected chi connectivity index (χ0v) is 13.8. The molecule has 0 spiro atoms. The van der Waals surface area contributed by atoms with Crippen LogP contribution in [0.3, 0.4) is 0 Å². The zero-order chi connectivity index (χ0) is 15.9. The average Bonchev–Trinajstić information content (AvgIpc) is 2.83. The predicted octanol–water partition coefficient (Wildman–Crippen LogP) is 5.39. The molecule has 0 aliphatic carbocycles. The Morgan fingerprint density at radius 3 is 2.41 bits per heavy atom. The van der Waals surface area contributed by atoms with Crippen LogP contribution in [0.4, 0.5) is 5.69 Å². The maximum atomic E-state index is 12.4. The van der Waals surface area contributed by atoms with Crippen LogP contribution in [-0.4, -0.2) is 10.5 Å². The predicted molar refractivity (Wildman–Crippen MR) is 92.3 cm³/mol. The van der Waals surface area contributed by atoms with Gasteiger partial charge in [0.1, 0.15) is 0 Å². The highest BCUT2D eigenvalue weighted by molar-refractivity contribution is 6.42. The van der Waals surface area contributed by atoms with E-state index in [-0.39, 0.29) is 5.91 Å². The Kier molecular flexibility index (Phi) is 4.04. The lowest BCUT2D eigenvalue weighted by atomic mass is 10.1. The van der Waals surface area contributed by atoms with Crippen molar-refractivity contribution in [1.29, 1.82) is 0 Å². The van der Waals surface area contributed by atoms with Crippen LogP contribution in [0.25, 0.3) is 10.9 Å². The Balaban J connectivity index is 1.95. The van der Waals surface area contributed by atoms with Crippen molar-refractivity contribution in [2.24, 2.45) is 7.05 Å². The van der Waals surface area contributed by atoms with Gasteiger partial charge in [0, 0.05) is 29.3 Å². The number of rotatable bonds is 2. The van der Waals surface area contributed by atoms with Gasteiger partial charge in [-0.1, -0.05) is 40.9 Å². The Bertz CT molecular complexity index is 863. The quantitative estimate of drug-likeness (QED) is 0.658. The van der Waals surface area contributed by atoms with Gasteiger partial charge in [0.05, 0.1) is 15.7 Å². The minimum atomic E-state index is -0.283. The van der Waals surface area contributed by atoms with Crippen molar-refractivity contribution in [3.8, 4) is 0 Å². The van der Waals surface area contributed by atoms with Gasteiger partial charge in [0.2, 0.25) is 0 Å². The van der Waals surface area contributed by atoms with Crippen LogP contribution in [0, 0.1) is 0 Å². The molecule has 2 aromatic carbocycles. The number of anilines is 1. The summed E-state index contributed by atoms with van der Waals surface area (Å²) in [6, 6.07) is 10.5. The number of hydrogen-bond acceptors (Lipinski definition) is 1. The summed E-state index contributed by atoms with van der Waals surface area (Å²) in [5.41, 5.74) is 1.85. The molecule has 1 amide bonds. The van der Waals surface area contributed by atoms with Crippen LogP contribution in [0.2, 0.25) is 15.1 Å². The molecule has 0 aliphatic rings. The first kappa shape index (κ1) is 15.2. The summed E-state index contributed by atoms with van der Waals surface area (Å²) >= 11 is 18.0. The Morgan fingerprint density at radius 1 is 1.05 bits per heavy atom. The highest BCUT2D eigenvalue weighted by atomic mass is 35.5. The number of nitrogens with one attached hydrogen (secondary N) is 1. The summed E-state index contributed by atoms with van der Waals surface area (Å²) in [5.74, 6) is -0.283. The van der Waals surface area contributed by atoms with E-state index >= 15 is 0 Å². The summed E-state index contributed by atoms with van der Waals surface area (Å²) < 4.78 is 1.95. The third kappa shape index (κ3) is 2.80. The summed E-state index contributed by atoms with van der Waals surface area (Å²) in [6.07, 6.45) is 1.94. The number of carbonyl (C=O) groups is 1. The molecule has 1 aromatic heterocycles. The lowest BCUT2D eigenvalue weighted by Crippen LogP contribution is -2.12. The van der Waals surface area contributed by atoms with Crippen molar-refractivity contribution in [3.05, 3.63) is 63.2 Å². The third-order valence-corrected chi connectivity index (χ3v) is 4.21. The fourth-order valence-corrected chi connectivity index (χ4v) is 3.16. The van der Waals surface area contributed by atoms with E-state index in [4.69, 9.17) is 34.8 Å². The fourth-order valence-electron chi connectivity index (χ4n) is 2.25. The van der Waals surface area contributed by atoms with Gasteiger partial charge in [-0.2, -0.15) is 0 Å². The van der Waals surface area contributed by atoms with E-state index in [0.717, 1.165) is 10.9 Å². The molecule has 0 aliphatic heterocycles. The van der Waals surface area contributed by atoms with Gasteiger partial charge in [0.25, 0.3) is 5.91 Å². The van der Waals surface area contributed by atoms with Gasteiger partial charge < -0.3 is 9.88 Å². The van der Waals surface area contributed by atoms with Gasteiger partial charge in [-0.25, -0.2) is 0 Å². The van der Waals surface area contributed by atoms with E-state index in [1.54, 1.807) is 6.07 Å². The number of aromatic nitrogens is 1. The van der Waals surface area contributed by atoms with Gasteiger partial charge in [0.15, 0.2) is 0 Å². The second kappa shape index (κ2) is 5.84. The van der Waals surface area contributed by atoms with E-state index in [9.17, 15) is 4.79 Å². The molecule has 3 rings (SSSR count).